The van der Waals surface area contributed by atoms with Gasteiger partial charge in [0.25, 0.3) is 5.91 Å². The Hall–Kier alpha value is -2.48. The van der Waals surface area contributed by atoms with Crippen molar-refractivity contribution in [2.75, 3.05) is 50.7 Å². The highest BCUT2D eigenvalue weighted by Crippen LogP contribution is 2.25. The summed E-state index contributed by atoms with van der Waals surface area (Å²) < 4.78 is 0. The number of aromatic nitrogens is 1. The molecule has 154 valence electrons. The number of amides is 1. The average molecular weight is 396 g/mol. The van der Waals surface area contributed by atoms with Crippen molar-refractivity contribution in [1.82, 2.24) is 14.8 Å². The number of hydrogen-bond donors (Lipinski definition) is 2. The number of aliphatic hydroxyl groups is 2. The van der Waals surface area contributed by atoms with Crippen molar-refractivity contribution in [3.63, 3.8) is 0 Å². The van der Waals surface area contributed by atoms with Crippen LogP contribution < -0.4 is 4.90 Å². The van der Waals surface area contributed by atoms with E-state index in [1.54, 1.807) is 23.2 Å². The molecule has 2 aliphatic rings. The lowest BCUT2D eigenvalue weighted by Crippen LogP contribution is -2.64. The highest BCUT2D eigenvalue weighted by Gasteiger charge is 2.44. The van der Waals surface area contributed by atoms with Crippen molar-refractivity contribution in [2.45, 2.75) is 18.1 Å². The number of carbonyl (C=O) groups excluding carboxylic acids is 1. The van der Waals surface area contributed by atoms with Gasteiger partial charge in [-0.2, -0.15) is 0 Å². The summed E-state index contributed by atoms with van der Waals surface area (Å²) in [6.07, 6.45) is 1.33. The number of aliphatic hydroxyl groups excluding tert-OH is 1. The van der Waals surface area contributed by atoms with Gasteiger partial charge in [-0.1, -0.05) is 24.3 Å². The van der Waals surface area contributed by atoms with E-state index < -0.39 is 11.7 Å². The third kappa shape index (κ3) is 4.42. The van der Waals surface area contributed by atoms with Crippen LogP contribution in [0.5, 0.6) is 0 Å². The Balaban J connectivity index is 1.37. The number of carbonyl (C=O) groups is 1. The molecular weight excluding hydrogens is 368 g/mol. The third-order valence-corrected chi connectivity index (χ3v) is 5.91. The number of piperidine rings is 1. The minimum atomic E-state index is -1.32. The Bertz CT molecular complexity index is 811. The zero-order chi connectivity index (χ0) is 20.3. The fourth-order valence-electron chi connectivity index (χ4n) is 4.22. The van der Waals surface area contributed by atoms with Gasteiger partial charge in [0.05, 0.1) is 12.6 Å². The maximum absolute atomic E-state index is 12.8. The summed E-state index contributed by atoms with van der Waals surface area (Å²) in [5.41, 5.74) is -0.717. The van der Waals surface area contributed by atoms with Gasteiger partial charge in [0.15, 0.2) is 0 Å². The van der Waals surface area contributed by atoms with Gasteiger partial charge < -0.3 is 20.0 Å². The number of nitrogens with zero attached hydrogens (tertiary/aromatic N) is 4. The molecular formula is C22H28N4O3. The molecule has 7 nitrogen and oxygen atoms in total. The van der Waals surface area contributed by atoms with Gasteiger partial charge >= 0.3 is 0 Å². The van der Waals surface area contributed by atoms with Crippen LogP contribution in [0.4, 0.5) is 5.82 Å². The molecule has 0 aliphatic carbocycles. The zero-order valence-corrected chi connectivity index (χ0v) is 16.5. The van der Waals surface area contributed by atoms with E-state index in [0.717, 1.165) is 32.0 Å². The minimum Gasteiger partial charge on any atom is -0.390 e. The van der Waals surface area contributed by atoms with Crippen LogP contribution in [0.25, 0.3) is 0 Å². The van der Waals surface area contributed by atoms with Crippen LogP contribution in [0.3, 0.4) is 0 Å². The van der Waals surface area contributed by atoms with Crippen LogP contribution in [0.2, 0.25) is 0 Å². The van der Waals surface area contributed by atoms with Crippen LogP contribution in [0.15, 0.2) is 54.7 Å². The lowest BCUT2D eigenvalue weighted by atomic mass is 9.88. The average Bonchev–Trinajstić information content (AvgIpc) is 2.77. The second-order valence-electron chi connectivity index (χ2n) is 7.95. The monoisotopic (exact) mass is 396 g/mol. The molecule has 1 aromatic heterocycles. The zero-order valence-electron chi connectivity index (χ0n) is 16.5. The number of benzene rings is 1. The van der Waals surface area contributed by atoms with E-state index in [9.17, 15) is 15.0 Å². The number of β-amino-alcohol motifs (C(OH)–C–C–N with tert-alkyl or cyclic N) is 1. The van der Waals surface area contributed by atoms with Crippen molar-refractivity contribution in [3.05, 3.63) is 60.3 Å². The Labute approximate surface area is 171 Å². The second-order valence-corrected chi connectivity index (χ2v) is 7.95. The molecule has 2 fully saturated rings. The van der Waals surface area contributed by atoms with E-state index in [4.69, 9.17) is 0 Å². The standard InChI is InChI=1S/C22H28N4O3/c27-19-9-11-26(21(28)18-6-2-1-3-7-18)17-22(19,29)16-24-12-14-25(15-13-24)20-8-4-5-10-23-20/h1-8,10,19,27,29H,9,11-17H2/t19-,22+/m0/s1. The summed E-state index contributed by atoms with van der Waals surface area (Å²) in [7, 11) is 0. The molecule has 2 atom stereocenters. The Kier molecular flexibility index (Phi) is 5.80. The van der Waals surface area contributed by atoms with Crippen LogP contribution in [0, 0.1) is 0 Å². The van der Waals surface area contributed by atoms with E-state index in [-0.39, 0.29) is 12.5 Å². The number of pyridine rings is 1. The summed E-state index contributed by atoms with van der Waals surface area (Å²) in [5.74, 6) is 0.860. The molecule has 2 aliphatic heterocycles. The van der Waals surface area contributed by atoms with Gasteiger partial charge in [0, 0.05) is 51.0 Å². The maximum atomic E-state index is 12.8. The van der Waals surface area contributed by atoms with Gasteiger partial charge in [-0.05, 0) is 30.7 Å². The van der Waals surface area contributed by atoms with E-state index in [2.05, 4.69) is 14.8 Å². The Morgan fingerprint density at radius 2 is 1.76 bits per heavy atom. The van der Waals surface area contributed by atoms with E-state index in [0.29, 0.717) is 25.1 Å². The molecule has 1 aromatic carbocycles. The van der Waals surface area contributed by atoms with Gasteiger partial charge in [-0.3, -0.25) is 9.69 Å². The molecule has 7 heteroatoms. The summed E-state index contributed by atoms with van der Waals surface area (Å²) in [5, 5.41) is 21.8. The van der Waals surface area contributed by atoms with E-state index in [1.807, 2.05) is 36.4 Å². The number of anilines is 1. The number of piperazine rings is 1. The molecule has 1 amide bonds. The predicted molar refractivity (Wildman–Crippen MR) is 111 cm³/mol. The van der Waals surface area contributed by atoms with Gasteiger partial charge in [0.1, 0.15) is 11.4 Å². The smallest absolute Gasteiger partial charge is 0.253 e. The molecule has 29 heavy (non-hydrogen) atoms. The van der Waals surface area contributed by atoms with Crippen LogP contribution >= 0.6 is 0 Å². The van der Waals surface area contributed by atoms with Crippen molar-refractivity contribution in [1.29, 1.82) is 0 Å². The highest BCUT2D eigenvalue weighted by molar-refractivity contribution is 5.94. The summed E-state index contributed by atoms with van der Waals surface area (Å²) in [6, 6.07) is 15.0. The molecule has 0 spiro atoms. The first-order valence-corrected chi connectivity index (χ1v) is 10.2. The topological polar surface area (TPSA) is 80.1 Å². The van der Waals surface area contributed by atoms with Gasteiger partial charge in [0.2, 0.25) is 0 Å². The Morgan fingerprint density at radius 1 is 1.03 bits per heavy atom. The molecule has 0 unspecified atom stereocenters. The normalized spacial score (nSPS) is 25.8. The molecule has 0 bridgehead atoms. The summed E-state index contributed by atoms with van der Waals surface area (Å²) in [4.78, 5) is 23.2. The fraction of sp³-hybridized carbons (Fsp3) is 0.455. The van der Waals surface area contributed by atoms with E-state index >= 15 is 0 Å². The number of rotatable bonds is 4. The van der Waals surface area contributed by atoms with Crippen LogP contribution in [-0.2, 0) is 0 Å². The van der Waals surface area contributed by atoms with Crippen LogP contribution in [-0.4, -0.2) is 88.4 Å². The van der Waals surface area contributed by atoms with Crippen molar-refractivity contribution >= 4 is 11.7 Å². The van der Waals surface area contributed by atoms with Gasteiger partial charge in [-0.15, -0.1) is 0 Å². The SMILES string of the molecule is O=C(c1ccccc1)N1CC[C@H](O)[C@@](O)(CN2CCN(c3ccccn3)CC2)C1. The molecule has 3 heterocycles. The fourth-order valence-corrected chi connectivity index (χ4v) is 4.22. The summed E-state index contributed by atoms with van der Waals surface area (Å²) in [6.45, 7) is 4.12. The lowest BCUT2D eigenvalue weighted by Gasteiger charge is -2.46. The van der Waals surface area contributed by atoms with Gasteiger partial charge in [-0.25, -0.2) is 4.98 Å². The molecule has 2 N–H and O–H groups in total. The Morgan fingerprint density at radius 3 is 2.45 bits per heavy atom. The summed E-state index contributed by atoms with van der Waals surface area (Å²) >= 11 is 0. The largest absolute Gasteiger partial charge is 0.390 e. The first kappa shape index (κ1) is 19.8. The maximum Gasteiger partial charge on any atom is 0.253 e. The van der Waals surface area contributed by atoms with Crippen molar-refractivity contribution in [2.24, 2.45) is 0 Å². The predicted octanol–water partition coefficient (Wildman–Crippen LogP) is 0.842. The number of hydrogen-bond acceptors (Lipinski definition) is 6. The molecule has 0 saturated carbocycles. The first-order valence-electron chi connectivity index (χ1n) is 10.2. The number of likely N-dealkylation sites (tertiary alicyclic amines) is 1. The van der Waals surface area contributed by atoms with E-state index in [1.165, 1.54) is 0 Å². The molecule has 0 radical (unpaired) electrons. The quantitative estimate of drug-likeness (QED) is 0.797. The van der Waals surface area contributed by atoms with Crippen LogP contribution in [0.1, 0.15) is 16.8 Å². The molecule has 2 saturated heterocycles. The van der Waals surface area contributed by atoms with Crippen molar-refractivity contribution in [3.8, 4) is 0 Å². The third-order valence-electron chi connectivity index (χ3n) is 5.91. The first-order chi connectivity index (χ1) is 14.0. The van der Waals surface area contributed by atoms with Crippen molar-refractivity contribution < 1.29 is 15.0 Å². The molecule has 4 rings (SSSR count). The molecule has 2 aromatic rings. The second kappa shape index (κ2) is 8.49. The minimum absolute atomic E-state index is 0.101. The lowest BCUT2D eigenvalue weighted by molar-refractivity contribution is -0.127. The highest BCUT2D eigenvalue weighted by atomic mass is 16.3.